The summed E-state index contributed by atoms with van der Waals surface area (Å²) in [7, 11) is 1.73. The summed E-state index contributed by atoms with van der Waals surface area (Å²) < 4.78 is 5.44. The number of methoxy groups -OCH3 is 1. The molecule has 0 spiro atoms. The Morgan fingerprint density at radius 3 is 2.60 bits per heavy atom. The quantitative estimate of drug-likeness (QED) is 0.830. The number of thioether (sulfide) groups is 1. The van der Waals surface area contributed by atoms with Gasteiger partial charge in [-0.3, -0.25) is 0 Å². The van der Waals surface area contributed by atoms with Crippen molar-refractivity contribution in [3.05, 3.63) is 42.0 Å². The standard InChI is InChI=1S/C17H23NOS/c1-4-20-12-13(2)18-11-14-9-10-17(19-3)16-8-6-5-7-15(14)16/h5-10,13,18H,4,11-12H2,1-3H3. The van der Waals surface area contributed by atoms with E-state index in [0.29, 0.717) is 6.04 Å². The number of fused-ring (bicyclic) bond motifs is 1. The Kier molecular flexibility index (Phi) is 5.74. The van der Waals surface area contributed by atoms with Crippen LogP contribution < -0.4 is 10.1 Å². The van der Waals surface area contributed by atoms with Crippen molar-refractivity contribution >= 4 is 22.5 Å². The molecule has 0 aliphatic heterocycles. The third kappa shape index (κ3) is 3.68. The average Bonchev–Trinajstić information content (AvgIpc) is 2.50. The smallest absolute Gasteiger partial charge is 0.126 e. The molecule has 0 aromatic heterocycles. The first kappa shape index (κ1) is 15.2. The van der Waals surface area contributed by atoms with Gasteiger partial charge < -0.3 is 10.1 Å². The predicted molar refractivity (Wildman–Crippen MR) is 89.8 cm³/mol. The van der Waals surface area contributed by atoms with Gasteiger partial charge in [-0.1, -0.05) is 37.3 Å². The first-order valence-corrected chi connectivity index (χ1v) is 8.27. The van der Waals surface area contributed by atoms with E-state index in [1.54, 1.807) is 7.11 Å². The van der Waals surface area contributed by atoms with Crippen molar-refractivity contribution in [2.24, 2.45) is 0 Å². The predicted octanol–water partition coefficient (Wildman–Crippen LogP) is 4.08. The second-order valence-electron chi connectivity index (χ2n) is 4.91. The van der Waals surface area contributed by atoms with Gasteiger partial charge in [0.2, 0.25) is 0 Å². The van der Waals surface area contributed by atoms with Crippen LogP contribution in [0.2, 0.25) is 0 Å². The van der Waals surface area contributed by atoms with E-state index in [1.165, 1.54) is 22.1 Å². The Hall–Kier alpha value is -1.19. The lowest BCUT2D eigenvalue weighted by molar-refractivity contribution is 0.419. The molecule has 0 fully saturated rings. The Balaban J connectivity index is 2.14. The van der Waals surface area contributed by atoms with E-state index in [2.05, 4.69) is 55.6 Å². The van der Waals surface area contributed by atoms with Crippen molar-refractivity contribution in [1.29, 1.82) is 0 Å². The van der Waals surface area contributed by atoms with Crippen LogP contribution in [0.15, 0.2) is 36.4 Å². The zero-order chi connectivity index (χ0) is 14.4. The Morgan fingerprint density at radius 2 is 1.90 bits per heavy atom. The number of ether oxygens (including phenoxy) is 1. The summed E-state index contributed by atoms with van der Waals surface area (Å²) in [6, 6.07) is 13.2. The molecule has 1 atom stereocenters. The van der Waals surface area contributed by atoms with Crippen molar-refractivity contribution in [3.63, 3.8) is 0 Å². The van der Waals surface area contributed by atoms with Gasteiger partial charge in [0.05, 0.1) is 7.11 Å². The molecule has 108 valence electrons. The van der Waals surface area contributed by atoms with Crippen LogP contribution in [0.4, 0.5) is 0 Å². The van der Waals surface area contributed by atoms with E-state index in [1.807, 2.05) is 11.8 Å². The van der Waals surface area contributed by atoms with Crippen LogP contribution in [0.3, 0.4) is 0 Å². The maximum atomic E-state index is 5.44. The zero-order valence-corrected chi connectivity index (χ0v) is 13.3. The van der Waals surface area contributed by atoms with E-state index >= 15 is 0 Å². The fourth-order valence-corrected chi connectivity index (χ4v) is 3.01. The number of benzene rings is 2. The highest BCUT2D eigenvalue weighted by Gasteiger charge is 2.07. The molecule has 0 saturated carbocycles. The molecule has 2 nitrogen and oxygen atoms in total. The number of hydrogen-bond donors (Lipinski definition) is 1. The summed E-state index contributed by atoms with van der Waals surface area (Å²) in [5, 5.41) is 6.06. The molecular weight excluding hydrogens is 266 g/mol. The van der Waals surface area contributed by atoms with Crippen molar-refractivity contribution in [2.75, 3.05) is 18.6 Å². The Morgan fingerprint density at radius 1 is 1.15 bits per heavy atom. The van der Waals surface area contributed by atoms with E-state index in [0.717, 1.165) is 18.0 Å². The van der Waals surface area contributed by atoms with Gasteiger partial charge in [-0.15, -0.1) is 0 Å². The van der Waals surface area contributed by atoms with Crippen LogP contribution in [0, 0.1) is 0 Å². The lowest BCUT2D eigenvalue weighted by Gasteiger charge is -2.15. The molecule has 1 N–H and O–H groups in total. The largest absolute Gasteiger partial charge is 0.496 e. The van der Waals surface area contributed by atoms with Gasteiger partial charge in [0.25, 0.3) is 0 Å². The minimum atomic E-state index is 0.529. The second-order valence-corrected chi connectivity index (χ2v) is 6.23. The van der Waals surface area contributed by atoms with Crippen LogP contribution in [0.1, 0.15) is 19.4 Å². The third-order valence-corrected chi connectivity index (χ3v) is 4.55. The van der Waals surface area contributed by atoms with Gasteiger partial charge in [-0.2, -0.15) is 11.8 Å². The van der Waals surface area contributed by atoms with Crippen molar-refractivity contribution in [1.82, 2.24) is 5.32 Å². The summed E-state index contributed by atoms with van der Waals surface area (Å²) in [5.74, 6) is 3.28. The molecule has 0 saturated heterocycles. The Labute approximate surface area is 125 Å². The monoisotopic (exact) mass is 289 g/mol. The third-order valence-electron chi connectivity index (χ3n) is 3.41. The summed E-state index contributed by atoms with van der Waals surface area (Å²) in [5.41, 5.74) is 1.33. The molecule has 2 rings (SSSR count). The minimum absolute atomic E-state index is 0.529. The minimum Gasteiger partial charge on any atom is -0.496 e. The number of hydrogen-bond acceptors (Lipinski definition) is 3. The van der Waals surface area contributed by atoms with E-state index in [9.17, 15) is 0 Å². The van der Waals surface area contributed by atoms with Gasteiger partial charge in [-0.05, 0) is 29.7 Å². The highest BCUT2D eigenvalue weighted by molar-refractivity contribution is 7.99. The van der Waals surface area contributed by atoms with Crippen LogP contribution in [-0.4, -0.2) is 24.7 Å². The van der Waals surface area contributed by atoms with Crippen LogP contribution in [0.25, 0.3) is 10.8 Å². The van der Waals surface area contributed by atoms with Crippen molar-refractivity contribution < 1.29 is 4.74 Å². The van der Waals surface area contributed by atoms with Crippen LogP contribution in [-0.2, 0) is 6.54 Å². The molecule has 0 amide bonds. The van der Waals surface area contributed by atoms with E-state index in [4.69, 9.17) is 4.74 Å². The maximum Gasteiger partial charge on any atom is 0.126 e. The van der Waals surface area contributed by atoms with Gasteiger partial charge in [-0.25, -0.2) is 0 Å². The summed E-state index contributed by atoms with van der Waals surface area (Å²) in [6.07, 6.45) is 0. The van der Waals surface area contributed by atoms with Gasteiger partial charge in [0.15, 0.2) is 0 Å². The summed E-state index contributed by atoms with van der Waals surface area (Å²) in [4.78, 5) is 0. The maximum absolute atomic E-state index is 5.44. The summed E-state index contributed by atoms with van der Waals surface area (Å²) >= 11 is 1.98. The zero-order valence-electron chi connectivity index (χ0n) is 12.5. The average molecular weight is 289 g/mol. The van der Waals surface area contributed by atoms with E-state index < -0.39 is 0 Å². The van der Waals surface area contributed by atoms with Crippen LogP contribution >= 0.6 is 11.8 Å². The molecule has 0 radical (unpaired) electrons. The lowest BCUT2D eigenvalue weighted by atomic mass is 10.0. The topological polar surface area (TPSA) is 21.3 Å². The molecule has 2 aromatic carbocycles. The first-order chi connectivity index (χ1) is 9.76. The molecule has 3 heteroatoms. The lowest BCUT2D eigenvalue weighted by Crippen LogP contribution is -2.27. The van der Waals surface area contributed by atoms with Gasteiger partial charge >= 0.3 is 0 Å². The molecular formula is C17H23NOS. The fourth-order valence-electron chi connectivity index (χ4n) is 2.30. The van der Waals surface area contributed by atoms with E-state index in [-0.39, 0.29) is 0 Å². The SMILES string of the molecule is CCSCC(C)NCc1ccc(OC)c2ccccc12. The van der Waals surface area contributed by atoms with Crippen molar-refractivity contribution in [3.8, 4) is 5.75 Å². The summed E-state index contributed by atoms with van der Waals surface area (Å²) in [6.45, 7) is 5.35. The molecule has 2 aromatic rings. The normalized spacial score (nSPS) is 12.6. The Bertz CT molecular complexity index is 556. The fraction of sp³-hybridized carbons (Fsp3) is 0.412. The molecule has 1 unspecified atom stereocenters. The number of nitrogens with one attached hydrogen (secondary N) is 1. The molecule has 0 aliphatic carbocycles. The molecule has 0 bridgehead atoms. The highest BCUT2D eigenvalue weighted by atomic mass is 32.2. The molecule has 0 heterocycles. The number of rotatable bonds is 7. The van der Waals surface area contributed by atoms with Gasteiger partial charge in [0, 0.05) is 23.7 Å². The van der Waals surface area contributed by atoms with Gasteiger partial charge in [0.1, 0.15) is 5.75 Å². The first-order valence-electron chi connectivity index (χ1n) is 7.12. The molecule has 0 aliphatic rings. The molecule has 20 heavy (non-hydrogen) atoms. The second kappa shape index (κ2) is 7.55. The van der Waals surface area contributed by atoms with Crippen LogP contribution in [0.5, 0.6) is 5.75 Å². The van der Waals surface area contributed by atoms with Crippen molar-refractivity contribution in [2.45, 2.75) is 26.4 Å². The highest BCUT2D eigenvalue weighted by Crippen LogP contribution is 2.28.